The van der Waals surface area contributed by atoms with Gasteiger partial charge in [0, 0.05) is 50.8 Å². The molecule has 0 aromatic rings. The fraction of sp³-hybridized carbons (Fsp3) is 0.480. The van der Waals surface area contributed by atoms with Crippen molar-refractivity contribution in [1.82, 2.24) is 14.5 Å². The molecule has 0 bridgehead atoms. The van der Waals surface area contributed by atoms with E-state index in [1.165, 1.54) is 11.9 Å². The van der Waals surface area contributed by atoms with Crippen LogP contribution in [0.4, 0.5) is 4.39 Å². The third-order valence-electron chi connectivity index (χ3n) is 5.94. The number of guanidine groups is 1. The zero-order chi connectivity index (χ0) is 27.0. The van der Waals surface area contributed by atoms with Gasteiger partial charge in [-0.2, -0.15) is 4.99 Å². The minimum absolute atomic E-state index is 0.111. The molecule has 1 atom stereocenters. The Kier molecular flexibility index (Phi) is 13.7. The second-order valence-corrected chi connectivity index (χ2v) is 9.58. The van der Waals surface area contributed by atoms with Crippen LogP contribution in [-0.4, -0.2) is 78.6 Å². The van der Waals surface area contributed by atoms with Gasteiger partial charge in [-0.1, -0.05) is 24.1 Å². The number of aliphatic imine (C=N–C) groups is 1. The van der Waals surface area contributed by atoms with Gasteiger partial charge in [0.1, 0.15) is 0 Å². The average molecular weight is 537 g/mol. The summed E-state index contributed by atoms with van der Waals surface area (Å²) in [7, 11) is 0. The fourth-order valence-corrected chi connectivity index (χ4v) is 4.45. The lowest BCUT2D eigenvalue weighted by molar-refractivity contribution is -0.138. The molecule has 0 aromatic carbocycles. The van der Waals surface area contributed by atoms with Gasteiger partial charge in [-0.3, -0.25) is 24.1 Å². The summed E-state index contributed by atoms with van der Waals surface area (Å²) in [6, 6.07) is 0. The summed E-state index contributed by atoms with van der Waals surface area (Å²) in [5.74, 6) is -1.88. The van der Waals surface area contributed by atoms with Gasteiger partial charge < -0.3 is 21.3 Å². The summed E-state index contributed by atoms with van der Waals surface area (Å²) < 4.78 is 22.1. The molecule has 1 heterocycles. The number of piperazine rings is 1. The first-order chi connectivity index (χ1) is 17.8. The van der Waals surface area contributed by atoms with Gasteiger partial charge in [-0.25, -0.2) is 4.39 Å². The van der Waals surface area contributed by atoms with Crippen molar-refractivity contribution in [1.29, 1.82) is 0 Å². The topological polar surface area (TPSA) is 147 Å². The molecule has 1 aliphatic carbocycles. The molecule has 0 spiro atoms. The highest BCUT2D eigenvalue weighted by Gasteiger charge is 2.22. The van der Waals surface area contributed by atoms with E-state index in [-0.39, 0.29) is 18.4 Å². The minimum atomic E-state index is -0.778. The normalized spacial score (nSPS) is 22.2. The predicted octanol–water partition coefficient (Wildman–Crippen LogP) is 2.25. The van der Waals surface area contributed by atoms with Gasteiger partial charge >= 0.3 is 5.97 Å². The second kappa shape index (κ2) is 16.7. The van der Waals surface area contributed by atoms with Crippen molar-refractivity contribution >= 4 is 29.8 Å². The summed E-state index contributed by atoms with van der Waals surface area (Å²) in [4.78, 5) is 30.5. The summed E-state index contributed by atoms with van der Waals surface area (Å²) in [6.45, 7) is 6.76. The maximum atomic E-state index is 13.3. The quantitative estimate of drug-likeness (QED) is 0.0557. The van der Waals surface area contributed by atoms with E-state index in [1.54, 1.807) is 31.6 Å². The molecule has 1 saturated heterocycles. The van der Waals surface area contributed by atoms with Gasteiger partial charge in [0.15, 0.2) is 5.96 Å². The standard InChI is InChI=1S/C25H37FN6O4S/c1-19(24(35)30-25(27)28)14-22-15-20(4-5-21(22)16-26)18-36-12-2-3-13-37-29-6-7-31-8-10-32(11-9-31)17-23(33)34/h2-3,12-14,16,18,22,29H,4-11,15,17H2,1H3,(H,33,34)(H4,27,28,30,35)/b12-2+,13-3+,19-14+,20-18+,21-16+. The number of nitrogens with zero attached hydrogens (tertiary/aromatic N) is 3. The Labute approximate surface area is 221 Å². The second-order valence-electron chi connectivity index (χ2n) is 8.78. The first kappa shape index (κ1) is 30.3. The number of nitrogens with two attached hydrogens (primary N) is 2. The lowest BCUT2D eigenvalue weighted by Gasteiger charge is -2.33. The number of carbonyl (C=O) groups is 2. The number of halogens is 1. The summed E-state index contributed by atoms with van der Waals surface area (Å²) in [5.41, 5.74) is 12.5. The fourth-order valence-electron chi connectivity index (χ4n) is 3.98. The largest absolute Gasteiger partial charge is 0.480 e. The number of carboxylic acids is 1. The van der Waals surface area contributed by atoms with Crippen molar-refractivity contribution in [2.75, 3.05) is 45.8 Å². The van der Waals surface area contributed by atoms with Crippen LogP contribution in [0.1, 0.15) is 26.2 Å². The smallest absolute Gasteiger partial charge is 0.317 e. The van der Waals surface area contributed by atoms with Crippen LogP contribution < -0.4 is 16.2 Å². The molecule has 1 unspecified atom stereocenters. The molecule has 1 amide bonds. The monoisotopic (exact) mass is 536 g/mol. The zero-order valence-corrected chi connectivity index (χ0v) is 22.0. The molecule has 1 aliphatic heterocycles. The van der Waals surface area contributed by atoms with Crippen molar-refractivity contribution in [3.05, 3.63) is 59.2 Å². The maximum absolute atomic E-state index is 13.3. The number of nitrogens with one attached hydrogen (secondary N) is 1. The van der Waals surface area contributed by atoms with Crippen LogP contribution in [0.2, 0.25) is 0 Å². The Hall–Kier alpha value is -2.93. The van der Waals surface area contributed by atoms with Crippen LogP contribution in [0.25, 0.3) is 0 Å². The number of carbonyl (C=O) groups excluding carboxylic acids is 1. The van der Waals surface area contributed by atoms with E-state index in [0.29, 0.717) is 36.7 Å². The highest BCUT2D eigenvalue weighted by Crippen LogP contribution is 2.35. The van der Waals surface area contributed by atoms with E-state index < -0.39 is 11.9 Å². The molecule has 2 fully saturated rings. The number of rotatable bonds is 12. The number of hydrogen-bond donors (Lipinski definition) is 4. The summed E-state index contributed by atoms with van der Waals surface area (Å²) in [6.07, 6.45) is 10.9. The van der Waals surface area contributed by atoms with Crippen molar-refractivity contribution in [3.63, 3.8) is 0 Å². The predicted molar refractivity (Wildman–Crippen MR) is 145 cm³/mol. The summed E-state index contributed by atoms with van der Waals surface area (Å²) >= 11 is 1.48. The zero-order valence-electron chi connectivity index (χ0n) is 21.1. The molecule has 10 nitrogen and oxygen atoms in total. The first-order valence-electron chi connectivity index (χ1n) is 12.1. The third kappa shape index (κ3) is 12.2. The molecule has 0 radical (unpaired) electrons. The van der Waals surface area contributed by atoms with Crippen LogP contribution >= 0.6 is 11.9 Å². The third-order valence-corrected chi connectivity index (χ3v) is 6.60. The Morgan fingerprint density at radius 2 is 1.95 bits per heavy atom. The Balaban J connectivity index is 1.66. The molecular formula is C25H37FN6O4S. The SMILES string of the molecule is C/C(=C\C1C/C(=C/O/C=C/C=C/SNCCN2CCN(CC(=O)O)CC2)CC/C1=C\F)C(=O)N=C(N)N. The van der Waals surface area contributed by atoms with Crippen LogP contribution in [0.5, 0.6) is 0 Å². The van der Waals surface area contributed by atoms with Crippen molar-refractivity contribution in [2.45, 2.75) is 26.2 Å². The van der Waals surface area contributed by atoms with Gasteiger partial charge in [0.05, 0.1) is 25.4 Å². The van der Waals surface area contributed by atoms with E-state index >= 15 is 0 Å². The molecule has 2 aliphatic rings. The molecule has 12 heteroatoms. The minimum Gasteiger partial charge on any atom is -0.480 e. The van der Waals surface area contributed by atoms with Crippen LogP contribution in [0.3, 0.4) is 0 Å². The number of amides is 1. The van der Waals surface area contributed by atoms with Crippen LogP contribution in [0.15, 0.2) is 64.2 Å². The Morgan fingerprint density at radius 3 is 2.62 bits per heavy atom. The molecular weight excluding hydrogens is 499 g/mol. The van der Waals surface area contributed by atoms with E-state index in [9.17, 15) is 14.0 Å². The first-order valence-corrected chi connectivity index (χ1v) is 13.0. The number of hydrogen-bond acceptors (Lipinski definition) is 7. The highest BCUT2D eigenvalue weighted by atomic mass is 32.2. The average Bonchev–Trinajstić information content (AvgIpc) is 2.85. The number of carboxylic acid groups (broad SMARTS) is 1. The molecule has 204 valence electrons. The van der Waals surface area contributed by atoms with E-state index in [4.69, 9.17) is 21.3 Å². The number of allylic oxidation sites excluding steroid dienone is 5. The number of aliphatic carboxylic acids is 1. The Morgan fingerprint density at radius 1 is 1.22 bits per heavy atom. The van der Waals surface area contributed by atoms with Crippen molar-refractivity contribution < 1.29 is 23.8 Å². The number of ether oxygens (including phenoxy) is 1. The Bertz CT molecular complexity index is 951. The molecule has 37 heavy (non-hydrogen) atoms. The van der Waals surface area contributed by atoms with Gasteiger partial charge in [-0.05, 0) is 48.8 Å². The summed E-state index contributed by atoms with van der Waals surface area (Å²) in [5, 5.41) is 10.8. The lowest BCUT2D eigenvalue weighted by Crippen LogP contribution is -2.49. The van der Waals surface area contributed by atoms with E-state index in [2.05, 4.69) is 14.6 Å². The maximum Gasteiger partial charge on any atom is 0.317 e. The molecule has 1 saturated carbocycles. The van der Waals surface area contributed by atoms with Gasteiger partial charge in [0.25, 0.3) is 5.91 Å². The van der Waals surface area contributed by atoms with Crippen LogP contribution in [-0.2, 0) is 14.3 Å². The van der Waals surface area contributed by atoms with E-state index in [0.717, 1.165) is 44.8 Å². The van der Waals surface area contributed by atoms with Gasteiger partial charge in [-0.15, -0.1) is 0 Å². The van der Waals surface area contributed by atoms with E-state index in [1.807, 2.05) is 16.4 Å². The van der Waals surface area contributed by atoms with Crippen molar-refractivity contribution in [3.8, 4) is 0 Å². The van der Waals surface area contributed by atoms with Crippen LogP contribution in [0, 0.1) is 5.92 Å². The van der Waals surface area contributed by atoms with Gasteiger partial charge in [0.2, 0.25) is 0 Å². The van der Waals surface area contributed by atoms with Crippen molar-refractivity contribution in [2.24, 2.45) is 22.4 Å². The highest BCUT2D eigenvalue weighted by molar-refractivity contribution is 8.00. The molecule has 2 rings (SSSR count). The lowest BCUT2D eigenvalue weighted by atomic mass is 9.81. The molecule has 0 aromatic heterocycles. The molecule has 6 N–H and O–H groups in total.